The van der Waals surface area contributed by atoms with Crippen LogP contribution in [0, 0.1) is 0 Å². The van der Waals surface area contributed by atoms with E-state index >= 15 is 0 Å². The lowest BCUT2D eigenvalue weighted by atomic mass is 10.4. The van der Waals surface area contributed by atoms with Crippen LogP contribution in [-0.4, -0.2) is 26.9 Å². The molecule has 0 aromatic heterocycles. The monoisotopic (exact) mass is 254 g/mol. The summed E-state index contributed by atoms with van der Waals surface area (Å²) in [6, 6.07) is 8.22. The fourth-order valence-corrected chi connectivity index (χ4v) is 2.35. The van der Waals surface area contributed by atoms with Crippen molar-refractivity contribution in [3.8, 4) is 0 Å². The standard InChI is InChI=1S/C11H14N2O3S/c14-11(13-9-6-7-9)8-12-17(15,16)10-4-2-1-3-5-10/h1-5,9,12H,6-8H2,(H,13,14). The quantitative estimate of drug-likeness (QED) is 0.790. The smallest absolute Gasteiger partial charge is 0.241 e. The number of rotatable bonds is 5. The lowest BCUT2D eigenvalue weighted by molar-refractivity contribution is -0.120. The third-order valence-corrected chi connectivity index (χ3v) is 3.84. The molecule has 5 nitrogen and oxygen atoms in total. The Hall–Kier alpha value is -1.40. The molecule has 1 saturated carbocycles. The van der Waals surface area contributed by atoms with Crippen molar-refractivity contribution in [3.63, 3.8) is 0 Å². The van der Waals surface area contributed by atoms with Gasteiger partial charge in [0.2, 0.25) is 15.9 Å². The highest BCUT2D eigenvalue weighted by molar-refractivity contribution is 7.89. The second-order valence-electron chi connectivity index (χ2n) is 3.98. The topological polar surface area (TPSA) is 75.3 Å². The summed E-state index contributed by atoms with van der Waals surface area (Å²) in [6.45, 7) is -0.215. The van der Waals surface area contributed by atoms with Gasteiger partial charge < -0.3 is 5.32 Å². The van der Waals surface area contributed by atoms with Crippen LogP contribution in [0.15, 0.2) is 35.2 Å². The van der Waals surface area contributed by atoms with E-state index in [0.717, 1.165) is 12.8 Å². The van der Waals surface area contributed by atoms with Gasteiger partial charge >= 0.3 is 0 Å². The van der Waals surface area contributed by atoms with E-state index in [1.807, 2.05) is 0 Å². The molecule has 1 aromatic rings. The molecule has 0 aliphatic heterocycles. The Labute approximate surface area is 100 Å². The van der Waals surface area contributed by atoms with Gasteiger partial charge in [0.1, 0.15) is 0 Å². The molecule has 6 heteroatoms. The van der Waals surface area contributed by atoms with Gasteiger partial charge in [0.25, 0.3) is 0 Å². The fourth-order valence-electron chi connectivity index (χ4n) is 1.35. The average molecular weight is 254 g/mol. The molecular weight excluding hydrogens is 240 g/mol. The minimum atomic E-state index is -3.58. The molecule has 1 aliphatic rings. The Bertz CT molecular complexity index is 495. The van der Waals surface area contributed by atoms with E-state index < -0.39 is 10.0 Å². The highest BCUT2D eigenvalue weighted by Crippen LogP contribution is 2.18. The predicted octanol–water partition coefficient (Wildman–Crippen LogP) is 0.243. The van der Waals surface area contributed by atoms with Crippen molar-refractivity contribution < 1.29 is 13.2 Å². The minimum absolute atomic E-state index is 0.166. The number of sulfonamides is 1. The summed E-state index contributed by atoms with van der Waals surface area (Å²) in [5.41, 5.74) is 0. The first-order chi connectivity index (χ1) is 8.08. The maximum atomic E-state index is 11.7. The summed E-state index contributed by atoms with van der Waals surface area (Å²) in [4.78, 5) is 11.5. The predicted molar refractivity (Wildman–Crippen MR) is 62.8 cm³/mol. The molecule has 2 N–H and O–H groups in total. The van der Waals surface area contributed by atoms with Crippen LogP contribution in [0.1, 0.15) is 12.8 Å². The van der Waals surface area contributed by atoms with E-state index in [1.165, 1.54) is 12.1 Å². The largest absolute Gasteiger partial charge is 0.352 e. The van der Waals surface area contributed by atoms with Gasteiger partial charge in [0.05, 0.1) is 11.4 Å². The van der Waals surface area contributed by atoms with Crippen molar-refractivity contribution in [2.45, 2.75) is 23.8 Å². The zero-order chi connectivity index (χ0) is 12.3. The Balaban J connectivity index is 1.91. The van der Waals surface area contributed by atoms with Gasteiger partial charge in [-0.25, -0.2) is 13.1 Å². The fraction of sp³-hybridized carbons (Fsp3) is 0.364. The molecule has 92 valence electrons. The molecule has 0 radical (unpaired) electrons. The van der Waals surface area contributed by atoms with Crippen LogP contribution in [0.3, 0.4) is 0 Å². The molecule has 0 bridgehead atoms. The van der Waals surface area contributed by atoms with Gasteiger partial charge in [-0.1, -0.05) is 18.2 Å². The van der Waals surface area contributed by atoms with Gasteiger partial charge in [-0.3, -0.25) is 4.79 Å². The Morgan fingerprint density at radius 2 is 1.88 bits per heavy atom. The first-order valence-electron chi connectivity index (χ1n) is 5.42. The van der Waals surface area contributed by atoms with Gasteiger partial charge in [0.15, 0.2) is 0 Å². The molecule has 0 atom stereocenters. The number of carbonyl (C=O) groups excluding carboxylic acids is 1. The SMILES string of the molecule is O=C(CNS(=O)(=O)c1ccccc1)NC1CC1. The minimum Gasteiger partial charge on any atom is -0.352 e. The third-order valence-electron chi connectivity index (χ3n) is 2.42. The summed E-state index contributed by atoms with van der Waals surface area (Å²) >= 11 is 0. The van der Waals surface area contributed by atoms with E-state index in [-0.39, 0.29) is 23.4 Å². The summed E-state index contributed by atoms with van der Waals surface area (Å²) in [7, 11) is -3.58. The molecule has 0 unspecified atom stereocenters. The lowest BCUT2D eigenvalue weighted by Gasteiger charge is -2.06. The zero-order valence-corrected chi connectivity index (χ0v) is 10.0. The number of hydrogen-bond acceptors (Lipinski definition) is 3. The Morgan fingerprint density at radius 1 is 1.24 bits per heavy atom. The summed E-state index contributed by atoms with van der Waals surface area (Å²) < 4.78 is 25.8. The molecule has 1 aromatic carbocycles. The third kappa shape index (κ3) is 3.54. The molecule has 0 heterocycles. The molecule has 1 amide bonds. The first kappa shape index (κ1) is 12.1. The Kier molecular flexibility index (Phi) is 3.44. The summed E-state index contributed by atoms with van der Waals surface area (Å²) in [6.07, 6.45) is 1.97. The Morgan fingerprint density at radius 3 is 2.47 bits per heavy atom. The number of amides is 1. The second kappa shape index (κ2) is 4.85. The van der Waals surface area contributed by atoms with E-state index in [2.05, 4.69) is 10.0 Å². The number of nitrogens with one attached hydrogen (secondary N) is 2. The lowest BCUT2D eigenvalue weighted by Crippen LogP contribution is -2.37. The van der Waals surface area contributed by atoms with Gasteiger partial charge in [-0.05, 0) is 25.0 Å². The second-order valence-corrected chi connectivity index (χ2v) is 5.75. The molecule has 1 aliphatic carbocycles. The van der Waals surface area contributed by atoms with Gasteiger partial charge in [0, 0.05) is 6.04 Å². The highest BCUT2D eigenvalue weighted by atomic mass is 32.2. The normalized spacial score (nSPS) is 15.5. The van der Waals surface area contributed by atoms with Crippen LogP contribution in [0.2, 0.25) is 0 Å². The number of benzene rings is 1. The van der Waals surface area contributed by atoms with Crippen LogP contribution in [0.25, 0.3) is 0 Å². The molecular formula is C11H14N2O3S. The van der Waals surface area contributed by atoms with Crippen LogP contribution >= 0.6 is 0 Å². The van der Waals surface area contributed by atoms with E-state index in [0.29, 0.717) is 0 Å². The molecule has 1 fully saturated rings. The molecule has 2 rings (SSSR count). The van der Waals surface area contributed by atoms with Gasteiger partial charge in [-0.2, -0.15) is 0 Å². The van der Waals surface area contributed by atoms with Crippen LogP contribution < -0.4 is 10.0 Å². The van der Waals surface area contributed by atoms with E-state index in [9.17, 15) is 13.2 Å². The van der Waals surface area contributed by atoms with Crippen LogP contribution in [0.4, 0.5) is 0 Å². The van der Waals surface area contributed by atoms with Crippen molar-refractivity contribution in [2.75, 3.05) is 6.54 Å². The average Bonchev–Trinajstić information content (AvgIpc) is 3.12. The number of hydrogen-bond donors (Lipinski definition) is 2. The van der Waals surface area contributed by atoms with Crippen molar-refractivity contribution in [3.05, 3.63) is 30.3 Å². The summed E-state index contributed by atoms with van der Waals surface area (Å²) in [5.74, 6) is -0.285. The highest BCUT2D eigenvalue weighted by Gasteiger charge is 2.23. The van der Waals surface area contributed by atoms with Crippen molar-refractivity contribution in [1.29, 1.82) is 0 Å². The van der Waals surface area contributed by atoms with E-state index in [1.54, 1.807) is 18.2 Å². The molecule has 17 heavy (non-hydrogen) atoms. The maximum Gasteiger partial charge on any atom is 0.241 e. The van der Waals surface area contributed by atoms with Crippen LogP contribution in [-0.2, 0) is 14.8 Å². The zero-order valence-electron chi connectivity index (χ0n) is 9.22. The van der Waals surface area contributed by atoms with E-state index in [4.69, 9.17) is 0 Å². The van der Waals surface area contributed by atoms with Crippen molar-refractivity contribution in [2.24, 2.45) is 0 Å². The number of carbonyl (C=O) groups is 1. The van der Waals surface area contributed by atoms with Crippen LogP contribution in [0.5, 0.6) is 0 Å². The maximum absolute atomic E-state index is 11.7. The van der Waals surface area contributed by atoms with Crippen molar-refractivity contribution in [1.82, 2.24) is 10.0 Å². The molecule has 0 spiro atoms. The van der Waals surface area contributed by atoms with Gasteiger partial charge in [-0.15, -0.1) is 0 Å². The summed E-state index contributed by atoms with van der Waals surface area (Å²) in [5, 5.41) is 2.71. The van der Waals surface area contributed by atoms with Crippen molar-refractivity contribution >= 4 is 15.9 Å². The molecule has 0 saturated heterocycles. The first-order valence-corrected chi connectivity index (χ1v) is 6.90.